The zero-order valence-corrected chi connectivity index (χ0v) is 18.9. The number of carbonyl (C=O) groups is 2. The van der Waals surface area contributed by atoms with E-state index in [1.807, 2.05) is 0 Å². The van der Waals surface area contributed by atoms with Crippen LogP contribution in [0.3, 0.4) is 0 Å². The average molecular weight is 466 g/mol. The van der Waals surface area contributed by atoms with Crippen molar-refractivity contribution in [1.82, 2.24) is 4.72 Å². The van der Waals surface area contributed by atoms with Crippen LogP contribution in [0.2, 0.25) is 0 Å². The molecule has 0 atom stereocenters. The zero-order valence-electron chi connectivity index (χ0n) is 17.2. The Hall–Kier alpha value is -2.76. The standard InChI is InChI=1S/C20H23N3O6S2/c1-13(2)21-30(26,27)16-6-4-15(5-7-16)22-31(28,29)17-8-9-18(14(3)12-17)23-19(24)10-11-20(23)25/h4-9,12-13,21-22H,10-11H2,1-3H3. The van der Waals surface area contributed by atoms with E-state index < -0.39 is 20.0 Å². The van der Waals surface area contributed by atoms with Crippen LogP contribution in [0.4, 0.5) is 11.4 Å². The molecule has 3 rings (SSSR count). The lowest BCUT2D eigenvalue weighted by molar-refractivity contribution is -0.121. The molecule has 0 unspecified atom stereocenters. The second-order valence-corrected chi connectivity index (χ2v) is 10.9. The molecule has 166 valence electrons. The maximum atomic E-state index is 12.8. The molecule has 0 aliphatic carbocycles. The number of hydrogen-bond acceptors (Lipinski definition) is 6. The Bertz CT molecular complexity index is 1220. The highest BCUT2D eigenvalue weighted by Crippen LogP contribution is 2.29. The van der Waals surface area contributed by atoms with Gasteiger partial charge in [-0.2, -0.15) is 0 Å². The van der Waals surface area contributed by atoms with Crippen LogP contribution in [0.5, 0.6) is 0 Å². The topological polar surface area (TPSA) is 130 Å². The van der Waals surface area contributed by atoms with Gasteiger partial charge in [-0.15, -0.1) is 0 Å². The van der Waals surface area contributed by atoms with Gasteiger partial charge in [0.05, 0.1) is 15.5 Å². The molecule has 1 saturated heterocycles. The summed E-state index contributed by atoms with van der Waals surface area (Å²) >= 11 is 0. The molecule has 0 spiro atoms. The summed E-state index contributed by atoms with van der Waals surface area (Å²) < 4.78 is 54.7. The second-order valence-electron chi connectivity index (χ2n) is 7.48. The van der Waals surface area contributed by atoms with Crippen molar-refractivity contribution in [3.63, 3.8) is 0 Å². The Labute approximate surface area is 181 Å². The monoisotopic (exact) mass is 465 g/mol. The number of anilines is 2. The van der Waals surface area contributed by atoms with Crippen LogP contribution in [0, 0.1) is 6.92 Å². The van der Waals surface area contributed by atoms with Gasteiger partial charge in [-0.1, -0.05) is 0 Å². The Morgan fingerprint density at radius 1 is 0.839 bits per heavy atom. The SMILES string of the molecule is Cc1cc(S(=O)(=O)Nc2ccc(S(=O)(=O)NC(C)C)cc2)ccc1N1C(=O)CCC1=O. The van der Waals surface area contributed by atoms with Gasteiger partial charge >= 0.3 is 0 Å². The molecule has 2 N–H and O–H groups in total. The minimum absolute atomic E-state index is 0.0179. The number of aryl methyl sites for hydroxylation is 1. The van der Waals surface area contributed by atoms with Gasteiger partial charge in [-0.3, -0.25) is 19.2 Å². The third-order valence-corrected chi connectivity index (χ3v) is 7.63. The molecule has 0 aromatic heterocycles. The van der Waals surface area contributed by atoms with E-state index >= 15 is 0 Å². The Morgan fingerprint density at radius 3 is 1.90 bits per heavy atom. The molecule has 11 heteroatoms. The van der Waals surface area contributed by atoms with E-state index in [0.29, 0.717) is 11.3 Å². The highest BCUT2D eigenvalue weighted by molar-refractivity contribution is 7.92. The minimum atomic E-state index is -3.97. The van der Waals surface area contributed by atoms with Gasteiger partial charge in [-0.05, 0) is 68.8 Å². The van der Waals surface area contributed by atoms with Gasteiger partial charge in [0.1, 0.15) is 0 Å². The van der Waals surface area contributed by atoms with Crippen LogP contribution in [0.25, 0.3) is 0 Å². The zero-order chi connectivity index (χ0) is 23.0. The summed E-state index contributed by atoms with van der Waals surface area (Å²) in [4.78, 5) is 24.9. The van der Waals surface area contributed by atoms with Crippen molar-refractivity contribution < 1.29 is 26.4 Å². The predicted molar refractivity (Wildman–Crippen MR) is 116 cm³/mol. The van der Waals surface area contributed by atoms with Gasteiger partial charge in [-0.25, -0.2) is 21.6 Å². The molecule has 1 aliphatic heterocycles. The lowest BCUT2D eigenvalue weighted by Gasteiger charge is -2.17. The van der Waals surface area contributed by atoms with E-state index in [1.54, 1.807) is 20.8 Å². The molecule has 31 heavy (non-hydrogen) atoms. The van der Waals surface area contributed by atoms with E-state index in [4.69, 9.17) is 0 Å². The van der Waals surface area contributed by atoms with E-state index in [2.05, 4.69) is 9.44 Å². The lowest BCUT2D eigenvalue weighted by Crippen LogP contribution is -2.30. The third kappa shape index (κ3) is 4.94. The number of sulfonamides is 2. The van der Waals surface area contributed by atoms with Gasteiger partial charge in [0.15, 0.2) is 0 Å². The number of rotatable bonds is 7. The maximum Gasteiger partial charge on any atom is 0.261 e. The number of imide groups is 1. The van der Waals surface area contributed by atoms with Crippen LogP contribution in [-0.2, 0) is 29.6 Å². The Morgan fingerprint density at radius 2 is 1.39 bits per heavy atom. The molecule has 1 fully saturated rings. The summed E-state index contributed by atoms with van der Waals surface area (Å²) in [7, 11) is -7.66. The summed E-state index contributed by atoms with van der Waals surface area (Å²) in [6, 6.07) is 9.17. The molecule has 1 heterocycles. The fourth-order valence-electron chi connectivity index (χ4n) is 3.19. The maximum absolute atomic E-state index is 12.8. The number of carbonyl (C=O) groups excluding carboxylic acids is 2. The second kappa shape index (κ2) is 8.40. The summed E-state index contributed by atoms with van der Waals surface area (Å²) in [5, 5.41) is 0. The summed E-state index contributed by atoms with van der Waals surface area (Å²) in [6.07, 6.45) is 0.274. The summed E-state index contributed by atoms with van der Waals surface area (Å²) in [5.41, 5.74) is 1.02. The van der Waals surface area contributed by atoms with Gasteiger partial charge in [0, 0.05) is 24.6 Å². The largest absolute Gasteiger partial charge is 0.280 e. The van der Waals surface area contributed by atoms with E-state index in [0.717, 1.165) is 4.90 Å². The van der Waals surface area contributed by atoms with Crippen molar-refractivity contribution in [2.75, 3.05) is 9.62 Å². The first kappa shape index (κ1) is 22.9. The first-order chi connectivity index (χ1) is 14.4. The van der Waals surface area contributed by atoms with E-state index in [-0.39, 0.29) is 46.2 Å². The molecule has 1 aliphatic rings. The van der Waals surface area contributed by atoms with Crippen LogP contribution >= 0.6 is 0 Å². The number of nitrogens with one attached hydrogen (secondary N) is 2. The molecule has 2 aromatic rings. The third-order valence-electron chi connectivity index (χ3n) is 4.58. The normalized spacial score (nSPS) is 15.0. The van der Waals surface area contributed by atoms with E-state index in [1.165, 1.54) is 42.5 Å². The number of amides is 2. The van der Waals surface area contributed by atoms with Crippen molar-refractivity contribution in [3.05, 3.63) is 48.0 Å². The molecule has 2 amide bonds. The minimum Gasteiger partial charge on any atom is -0.280 e. The molecule has 0 saturated carbocycles. The predicted octanol–water partition coefficient (Wildman–Crippen LogP) is 2.14. The fraction of sp³-hybridized carbons (Fsp3) is 0.300. The highest BCUT2D eigenvalue weighted by Gasteiger charge is 2.31. The smallest absolute Gasteiger partial charge is 0.261 e. The molecule has 2 aromatic carbocycles. The van der Waals surface area contributed by atoms with Crippen molar-refractivity contribution in [2.45, 2.75) is 49.4 Å². The summed E-state index contributed by atoms with van der Waals surface area (Å²) in [6.45, 7) is 5.01. The number of nitrogens with zero attached hydrogens (tertiary/aromatic N) is 1. The molecular formula is C20H23N3O6S2. The molecule has 0 radical (unpaired) electrons. The first-order valence-corrected chi connectivity index (χ1v) is 12.5. The van der Waals surface area contributed by atoms with Gasteiger partial charge < -0.3 is 0 Å². The van der Waals surface area contributed by atoms with E-state index in [9.17, 15) is 26.4 Å². The summed E-state index contributed by atoms with van der Waals surface area (Å²) in [5.74, 6) is -0.632. The fourth-order valence-corrected chi connectivity index (χ4v) is 5.58. The number of hydrogen-bond donors (Lipinski definition) is 2. The van der Waals surface area contributed by atoms with Crippen LogP contribution in [0.1, 0.15) is 32.3 Å². The molecule has 0 bridgehead atoms. The Balaban J connectivity index is 1.82. The number of benzene rings is 2. The first-order valence-electron chi connectivity index (χ1n) is 9.52. The van der Waals surface area contributed by atoms with Crippen molar-refractivity contribution in [3.8, 4) is 0 Å². The molecule has 9 nitrogen and oxygen atoms in total. The Kier molecular flexibility index (Phi) is 6.21. The molecular weight excluding hydrogens is 442 g/mol. The van der Waals surface area contributed by atoms with Crippen LogP contribution in [-0.4, -0.2) is 34.7 Å². The average Bonchev–Trinajstić information content (AvgIpc) is 2.99. The van der Waals surface area contributed by atoms with Crippen LogP contribution < -0.4 is 14.3 Å². The van der Waals surface area contributed by atoms with Crippen molar-refractivity contribution >= 4 is 43.2 Å². The lowest BCUT2D eigenvalue weighted by atomic mass is 10.2. The van der Waals surface area contributed by atoms with Crippen LogP contribution in [0.15, 0.2) is 52.3 Å². The van der Waals surface area contributed by atoms with Gasteiger partial charge in [0.25, 0.3) is 10.0 Å². The highest BCUT2D eigenvalue weighted by atomic mass is 32.2. The van der Waals surface area contributed by atoms with Crippen molar-refractivity contribution in [1.29, 1.82) is 0 Å². The van der Waals surface area contributed by atoms with Crippen molar-refractivity contribution in [2.24, 2.45) is 0 Å². The quantitative estimate of drug-likeness (QED) is 0.603. The van der Waals surface area contributed by atoms with Gasteiger partial charge in [0.2, 0.25) is 21.8 Å².